The molecule has 0 bridgehead atoms. The highest BCUT2D eigenvalue weighted by atomic mass is 35.5. The van der Waals surface area contributed by atoms with E-state index in [1.54, 1.807) is 0 Å². The number of hydrogen-bond donors (Lipinski definition) is 1. The molecular formula is C8H6Cl2O2. The summed E-state index contributed by atoms with van der Waals surface area (Å²) in [4.78, 5) is 10.4. The Morgan fingerprint density at radius 2 is 1.83 bits per heavy atom. The minimum Gasteiger partial charge on any atom is -0.392 e. The van der Waals surface area contributed by atoms with Crippen LogP contribution in [-0.2, 0) is 6.61 Å². The van der Waals surface area contributed by atoms with Gasteiger partial charge in [-0.3, -0.25) is 4.79 Å². The Morgan fingerprint density at radius 3 is 2.17 bits per heavy atom. The summed E-state index contributed by atoms with van der Waals surface area (Å²) in [5, 5.41) is 9.28. The Kier molecular flexibility index (Phi) is 3.09. The van der Waals surface area contributed by atoms with Gasteiger partial charge in [-0.2, -0.15) is 0 Å². The lowest BCUT2D eigenvalue weighted by Gasteiger charge is -2.02. The predicted molar refractivity (Wildman–Crippen MR) is 47.8 cm³/mol. The number of aldehydes is 1. The van der Waals surface area contributed by atoms with Gasteiger partial charge in [0.05, 0.1) is 22.2 Å². The zero-order chi connectivity index (χ0) is 9.14. The first kappa shape index (κ1) is 9.52. The fourth-order valence-corrected chi connectivity index (χ4v) is 1.46. The third-order valence-electron chi connectivity index (χ3n) is 1.44. The first-order valence-electron chi connectivity index (χ1n) is 3.23. The van der Waals surface area contributed by atoms with Crippen LogP contribution in [0.4, 0.5) is 0 Å². The molecule has 0 spiro atoms. The monoisotopic (exact) mass is 204 g/mol. The van der Waals surface area contributed by atoms with Crippen LogP contribution in [0.15, 0.2) is 12.1 Å². The second kappa shape index (κ2) is 3.90. The van der Waals surface area contributed by atoms with Crippen molar-refractivity contribution in [3.63, 3.8) is 0 Å². The number of aliphatic hydroxyl groups is 1. The maximum Gasteiger partial charge on any atom is 0.153 e. The van der Waals surface area contributed by atoms with Gasteiger partial charge in [0.15, 0.2) is 6.29 Å². The van der Waals surface area contributed by atoms with Crippen molar-refractivity contribution in [2.45, 2.75) is 6.61 Å². The molecule has 1 aromatic carbocycles. The smallest absolute Gasteiger partial charge is 0.153 e. The number of hydrogen-bond acceptors (Lipinski definition) is 2. The van der Waals surface area contributed by atoms with Crippen LogP contribution in [0.5, 0.6) is 0 Å². The van der Waals surface area contributed by atoms with Crippen molar-refractivity contribution < 1.29 is 9.90 Å². The van der Waals surface area contributed by atoms with Crippen LogP contribution in [0.1, 0.15) is 15.9 Å². The van der Waals surface area contributed by atoms with Gasteiger partial charge in [-0.1, -0.05) is 23.2 Å². The SMILES string of the molecule is O=Cc1c(Cl)cc(CO)cc1Cl. The molecule has 4 heteroatoms. The second-order valence-corrected chi connectivity index (χ2v) is 3.06. The van der Waals surface area contributed by atoms with E-state index in [0.29, 0.717) is 11.8 Å². The van der Waals surface area contributed by atoms with Crippen molar-refractivity contribution in [1.29, 1.82) is 0 Å². The zero-order valence-corrected chi connectivity index (χ0v) is 7.56. The average Bonchev–Trinajstić information content (AvgIpc) is 2.03. The van der Waals surface area contributed by atoms with Crippen LogP contribution in [0, 0.1) is 0 Å². The number of carbonyl (C=O) groups is 1. The van der Waals surface area contributed by atoms with E-state index in [-0.39, 0.29) is 22.2 Å². The standard InChI is InChI=1S/C8H6Cl2O2/c9-7-1-5(3-11)2-8(10)6(7)4-12/h1-2,4,11H,3H2. The summed E-state index contributed by atoms with van der Waals surface area (Å²) in [5.41, 5.74) is 0.853. The Morgan fingerprint density at radius 1 is 1.33 bits per heavy atom. The van der Waals surface area contributed by atoms with Crippen molar-refractivity contribution in [2.75, 3.05) is 0 Å². The minimum atomic E-state index is -0.140. The molecule has 0 aliphatic rings. The van der Waals surface area contributed by atoms with Gasteiger partial charge in [0, 0.05) is 0 Å². The van der Waals surface area contributed by atoms with E-state index in [1.807, 2.05) is 0 Å². The molecule has 2 nitrogen and oxygen atoms in total. The van der Waals surface area contributed by atoms with Crippen molar-refractivity contribution >= 4 is 29.5 Å². The molecule has 0 atom stereocenters. The lowest BCUT2D eigenvalue weighted by atomic mass is 10.1. The summed E-state index contributed by atoms with van der Waals surface area (Å²) in [5.74, 6) is 0. The Hall–Kier alpha value is -0.570. The molecule has 0 aliphatic heterocycles. The Bertz CT molecular complexity index is 287. The highest BCUT2D eigenvalue weighted by Crippen LogP contribution is 2.24. The molecule has 1 N–H and O–H groups in total. The van der Waals surface area contributed by atoms with E-state index in [2.05, 4.69) is 0 Å². The zero-order valence-electron chi connectivity index (χ0n) is 6.05. The summed E-state index contributed by atoms with van der Waals surface area (Å²) in [6.07, 6.45) is 0.589. The van der Waals surface area contributed by atoms with Crippen LogP contribution in [0.25, 0.3) is 0 Å². The molecule has 0 saturated heterocycles. The van der Waals surface area contributed by atoms with Gasteiger partial charge in [-0.05, 0) is 17.7 Å². The highest BCUT2D eigenvalue weighted by molar-refractivity contribution is 6.38. The third-order valence-corrected chi connectivity index (χ3v) is 2.06. The van der Waals surface area contributed by atoms with E-state index in [9.17, 15) is 4.79 Å². The van der Waals surface area contributed by atoms with Crippen LogP contribution in [-0.4, -0.2) is 11.4 Å². The van der Waals surface area contributed by atoms with Crippen LogP contribution in [0.2, 0.25) is 10.0 Å². The van der Waals surface area contributed by atoms with Crippen LogP contribution < -0.4 is 0 Å². The van der Waals surface area contributed by atoms with Gasteiger partial charge in [0.2, 0.25) is 0 Å². The fraction of sp³-hybridized carbons (Fsp3) is 0.125. The molecule has 0 amide bonds. The van der Waals surface area contributed by atoms with E-state index in [0.717, 1.165) is 0 Å². The topological polar surface area (TPSA) is 37.3 Å². The number of halogens is 2. The summed E-state index contributed by atoms with van der Waals surface area (Å²) in [7, 11) is 0. The second-order valence-electron chi connectivity index (χ2n) is 2.25. The molecule has 0 saturated carbocycles. The van der Waals surface area contributed by atoms with Crippen molar-refractivity contribution in [2.24, 2.45) is 0 Å². The molecule has 12 heavy (non-hydrogen) atoms. The van der Waals surface area contributed by atoms with Gasteiger partial charge < -0.3 is 5.11 Å². The maximum absolute atomic E-state index is 10.4. The van der Waals surface area contributed by atoms with Crippen LogP contribution >= 0.6 is 23.2 Å². The van der Waals surface area contributed by atoms with E-state index >= 15 is 0 Å². The van der Waals surface area contributed by atoms with Gasteiger partial charge in [0.1, 0.15) is 0 Å². The van der Waals surface area contributed by atoms with Gasteiger partial charge >= 0.3 is 0 Å². The van der Waals surface area contributed by atoms with E-state index < -0.39 is 0 Å². The molecule has 0 fully saturated rings. The van der Waals surface area contributed by atoms with Gasteiger partial charge in [0.25, 0.3) is 0 Å². The third kappa shape index (κ3) is 1.78. The first-order valence-corrected chi connectivity index (χ1v) is 3.98. The van der Waals surface area contributed by atoms with Crippen molar-refractivity contribution in [3.8, 4) is 0 Å². The Labute approximate surface area is 79.7 Å². The molecule has 0 aliphatic carbocycles. The summed E-state index contributed by atoms with van der Waals surface area (Å²) < 4.78 is 0. The van der Waals surface area contributed by atoms with Gasteiger partial charge in [-0.15, -0.1) is 0 Å². The minimum absolute atomic E-state index is 0.140. The van der Waals surface area contributed by atoms with Crippen LogP contribution in [0.3, 0.4) is 0 Å². The molecule has 0 unspecified atom stereocenters. The number of carbonyl (C=O) groups excluding carboxylic acids is 1. The quantitative estimate of drug-likeness (QED) is 0.752. The molecule has 0 radical (unpaired) electrons. The lowest BCUT2D eigenvalue weighted by molar-refractivity contribution is 0.112. The molecule has 1 aromatic rings. The molecule has 1 rings (SSSR count). The normalized spacial score (nSPS) is 9.92. The summed E-state index contributed by atoms with van der Waals surface area (Å²) in [6.45, 7) is -0.140. The first-order chi connectivity index (χ1) is 5.69. The fourth-order valence-electron chi connectivity index (χ4n) is 0.841. The van der Waals surface area contributed by atoms with E-state index in [1.165, 1.54) is 12.1 Å². The van der Waals surface area contributed by atoms with Crippen molar-refractivity contribution in [1.82, 2.24) is 0 Å². The molecule has 64 valence electrons. The number of aliphatic hydroxyl groups excluding tert-OH is 1. The van der Waals surface area contributed by atoms with Crippen molar-refractivity contribution in [3.05, 3.63) is 33.3 Å². The lowest BCUT2D eigenvalue weighted by Crippen LogP contribution is -1.89. The highest BCUT2D eigenvalue weighted by Gasteiger charge is 2.06. The summed E-state index contributed by atoms with van der Waals surface area (Å²) >= 11 is 11.4. The molecule has 0 heterocycles. The van der Waals surface area contributed by atoms with Gasteiger partial charge in [-0.25, -0.2) is 0 Å². The number of benzene rings is 1. The average molecular weight is 205 g/mol. The largest absolute Gasteiger partial charge is 0.392 e. The summed E-state index contributed by atoms with van der Waals surface area (Å²) in [6, 6.07) is 3.02. The van der Waals surface area contributed by atoms with E-state index in [4.69, 9.17) is 28.3 Å². The predicted octanol–water partition coefficient (Wildman–Crippen LogP) is 2.30. The molecule has 0 aromatic heterocycles. The number of rotatable bonds is 2. The Balaban J connectivity index is 3.27. The maximum atomic E-state index is 10.4. The molecular weight excluding hydrogens is 199 g/mol.